The highest BCUT2D eigenvalue weighted by Gasteiger charge is 2.23. The minimum atomic E-state index is -3.70. The third-order valence-electron chi connectivity index (χ3n) is 5.31. The summed E-state index contributed by atoms with van der Waals surface area (Å²) in [5.74, 6) is 1.16. The van der Waals surface area contributed by atoms with E-state index in [0.717, 1.165) is 19.6 Å². The van der Waals surface area contributed by atoms with Crippen LogP contribution in [0.25, 0.3) is 0 Å². The second-order valence-corrected chi connectivity index (χ2v) is 10.2. The third kappa shape index (κ3) is 6.06. The first-order chi connectivity index (χ1) is 14.2. The number of sulfonamides is 1. The van der Waals surface area contributed by atoms with Gasteiger partial charge in [0.1, 0.15) is 0 Å². The van der Waals surface area contributed by atoms with Gasteiger partial charge in [0.25, 0.3) is 15.9 Å². The summed E-state index contributed by atoms with van der Waals surface area (Å²) in [4.78, 5) is 15.1. The summed E-state index contributed by atoms with van der Waals surface area (Å²) in [6, 6.07) is 14.7. The maximum Gasteiger partial charge on any atom is 0.261 e. The fraction of sp³-hybridized carbons (Fsp3) is 0.435. The first-order valence-corrected chi connectivity index (χ1v) is 11.9. The molecule has 0 saturated carbocycles. The lowest BCUT2D eigenvalue weighted by Crippen LogP contribution is -2.47. The van der Waals surface area contributed by atoms with Crippen molar-refractivity contribution in [3.8, 4) is 0 Å². The molecule has 3 rings (SSSR count). The van der Waals surface area contributed by atoms with Crippen LogP contribution in [0.5, 0.6) is 0 Å². The SMILES string of the molecule is C[C@@H]1C[C@@H](C)CN(C[C@H](C)NC(=O)c2ccc(S(=O)(=O)Nc3ccccc3)cc2)C1. The summed E-state index contributed by atoms with van der Waals surface area (Å²) in [6.45, 7) is 9.48. The van der Waals surface area contributed by atoms with Gasteiger partial charge in [-0.15, -0.1) is 0 Å². The highest BCUT2D eigenvalue weighted by Crippen LogP contribution is 2.21. The monoisotopic (exact) mass is 429 g/mol. The van der Waals surface area contributed by atoms with Crippen molar-refractivity contribution < 1.29 is 13.2 Å². The quantitative estimate of drug-likeness (QED) is 0.705. The van der Waals surface area contributed by atoms with Crippen molar-refractivity contribution in [2.24, 2.45) is 11.8 Å². The predicted octanol–water partition coefficient (Wildman–Crippen LogP) is 3.58. The average Bonchev–Trinajstić information content (AvgIpc) is 2.67. The highest BCUT2D eigenvalue weighted by atomic mass is 32.2. The molecule has 7 heteroatoms. The number of anilines is 1. The number of para-hydroxylation sites is 1. The molecule has 30 heavy (non-hydrogen) atoms. The molecule has 1 saturated heterocycles. The topological polar surface area (TPSA) is 78.5 Å². The van der Waals surface area contributed by atoms with Crippen molar-refractivity contribution in [2.75, 3.05) is 24.4 Å². The van der Waals surface area contributed by atoms with Crippen LogP contribution in [-0.4, -0.2) is 44.9 Å². The van der Waals surface area contributed by atoms with Crippen LogP contribution in [0.1, 0.15) is 37.6 Å². The van der Waals surface area contributed by atoms with Crippen LogP contribution in [0.2, 0.25) is 0 Å². The molecule has 1 aliphatic rings. The van der Waals surface area contributed by atoms with E-state index in [0.29, 0.717) is 23.1 Å². The van der Waals surface area contributed by atoms with Crippen molar-refractivity contribution in [1.29, 1.82) is 0 Å². The number of hydrogen-bond acceptors (Lipinski definition) is 4. The number of rotatable bonds is 7. The van der Waals surface area contributed by atoms with Gasteiger partial charge in [0, 0.05) is 36.9 Å². The Balaban J connectivity index is 1.58. The Hall–Kier alpha value is -2.38. The van der Waals surface area contributed by atoms with Crippen LogP contribution in [0, 0.1) is 11.8 Å². The van der Waals surface area contributed by atoms with Crippen molar-refractivity contribution in [1.82, 2.24) is 10.2 Å². The summed E-state index contributed by atoms with van der Waals surface area (Å²) < 4.78 is 27.6. The molecule has 162 valence electrons. The van der Waals surface area contributed by atoms with Crippen molar-refractivity contribution >= 4 is 21.6 Å². The van der Waals surface area contributed by atoms with Gasteiger partial charge in [-0.3, -0.25) is 9.52 Å². The molecule has 1 fully saturated rings. The van der Waals surface area contributed by atoms with Crippen LogP contribution < -0.4 is 10.0 Å². The Morgan fingerprint density at radius 3 is 2.23 bits per heavy atom. The van der Waals surface area contributed by atoms with Crippen LogP contribution in [0.15, 0.2) is 59.5 Å². The van der Waals surface area contributed by atoms with Gasteiger partial charge in [0.15, 0.2) is 0 Å². The Morgan fingerprint density at radius 1 is 1.03 bits per heavy atom. The fourth-order valence-electron chi connectivity index (χ4n) is 4.19. The van der Waals surface area contributed by atoms with Crippen molar-refractivity contribution in [3.63, 3.8) is 0 Å². The number of hydrogen-bond donors (Lipinski definition) is 2. The zero-order valence-electron chi connectivity index (χ0n) is 17.8. The summed E-state index contributed by atoms with van der Waals surface area (Å²) in [6.07, 6.45) is 1.26. The molecule has 2 N–H and O–H groups in total. The lowest BCUT2D eigenvalue weighted by atomic mass is 9.92. The molecule has 3 atom stereocenters. The minimum Gasteiger partial charge on any atom is -0.348 e. The van der Waals surface area contributed by atoms with Crippen LogP contribution in [-0.2, 0) is 10.0 Å². The van der Waals surface area contributed by atoms with E-state index in [1.54, 1.807) is 36.4 Å². The molecular formula is C23H31N3O3S. The second-order valence-electron chi connectivity index (χ2n) is 8.53. The number of benzene rings is 2. The maximum atomic E-state index is 12.6. The standard InChI is InChI=1S/C23H31N3O3S/c1-17-13-18(2)15-26(14-17)16-19(3)24-23(27)20-9-11-22(12-10-20)30(28,29)25-21-7-5-4-6-8-21/h4-12,17-19,25H,13-16H2,1-3H3,(H,24,27)/t17-,18-,19+/m1/s1. The normalized spacial score (nSPS) is 21.0. The van der Waals surface area contributed by atoms with Crippen molar-refractivity contribution in [2.45, 2.75) is 38.1 Å². The van der Waals surface area contributed by atoms with Gasteiger partial charge in [-0.1, -0.05) is 32.0 Å². The van der Waals surface area contributed by atoms with Crippen molar-refractivity contribution in [3.05, 3.63) is 60.2 Å². The number of nitrogens with one attached hydrogen (secondary N) is 2. The maximum absolute atomic E-state index is 12.6. The van der Waals surface area contributed by atoms with Gasteiger partial charge in [-0.25, -0.2) is 8.42 Å². The molecular weight excluding hydrogens is 398 g/mol. The molecule has 0 aromatic heterocycles. The second kappa shape index (κ2) is 9.62. The number of carbonyl (C=O) groups excluding carboxylic acids is 1. The summed E-state index contributed by atoms with van der Waals surface area (Å²) in [5, 5.41) is 3.03. The van der Waals surface area contributed by atoms with Crippen LogP contribution in [0.4, 0.5) is 5.69 Å². The van der Waals surface area contributed by atoms with E-state index in [4.69, 9.17) is 0 Å². The van der Waals surface area contributed by atoms with E-state index in [1.807, 2.05) is 13.0 Å². The van der Waals surface area contributed by atoms with E-state index in [-0.39, 0.29) is 16.8 Å². The first-order valence-electron chi connectivity index (χ1n) is 10.4. The van der Waals surface area contributed by atoms with E-state index in [1.165, 1.54) is 18.6 Å². The number of nitrogens with zero attached hydrogens (tertiary/aromatic N) is 1. The number of carbonyl (C=O) groups is 1. The molecule has 1 aliphatic heterocycles. The smallest absolute Gasteiger partial charge is 0.261 e. The lowest BCUT2D eigenvalue weighted by Gasteiger charge is -2.36. The zero-order valence-corrected chi connectivity index (χ0v) is 18.7. The Kier molecular flexibility index (Phi) is 7.15. The van der Waals surface area contributed by atoms with Gasteiger partial charge in [-0.05, 0) is 61.6 Å². The minimum absolute atomic E-state index is 0.0122. The van der Waals surface area contributed by atoms with Crippen LogP contribution in [0.3, 0.4) is 0 Å². The lowest BCUT2D eigenvalue weighted by molar-refractivity contribution is 0.0905. The van der Waals surface area contributed by atoms with Gasteiger partial charge in [-0.2, -0.15) is 0 Å². The zero-order chi connectivity index (χ0) is 21.7. The Morgan fingerprint density at radius 2 is 1.63 bits per heavy atom. The first kappa shape index (κ1) is 22.3. The molecule has 0 bridgehead atoms. The van der Waals surface area contributed by atoms with Crippen LogP contribution >= 0.6 is 0 Å². The molecule has 2 aromatic rings. The van der Waals surface area contributed by atoms with E-state index in [9.17, 15) is 13.2 Å². The number of amides is 1. The molecule has 2 aromatic carbocycles. The molecule has 6 nitrogen and oxygen atoms in total. The highest BCUT2D eigenvalue weighted by molar-refractivity contribution is 7.92. The summed E-state index contributed by atoms with van der Waals surface area (Å²) in [5.41, 5.74) is 0.940. The summed E-state index contributed by atoms with van der Waals surface area (Å²) >= 11 is 0. The predicted molar refractivity (Wildman–Crippen MR) is 120 cm³/mol. The molecule has 0 radical (unpaired) electrons. The third-order valence-corrected chi connectivity index (χ3v) is 6.70. The molecule has 1 amide bonds. The molecule has 0 unspecified atom stereocenters. The van der Waals surface area contributed by atoms with Gasteiger partial charge in [0.2, 0.25) is 0 Å². The fourth-order valence-corrected chi connectivity index (χ4v) is 5.25. The van der Waals surface area contributed by atoms with Gasteiger partial charge >= 0.3 is 0 Å². The van der Waals surface area contributed by atoms with Gasteiger partial charge in [0.05, 0.1) is 4.90 Å². The van der Waals surface area contributed by atoms with Gasteiger partial charge < -0.3 is 10.2 Å². The number of piperidine rings is 1. The van der Waals surface area contributed by atoms with E-state index < -0.39 is 10.0 Å². The largest absolute Gasteiger partial charge is 0.348 e. The summed E-state index contributed by atoms with van der Waals surface area (Å²) in [7, 11) is -3.70. The Bertz CT molecular complexity index is 935. The average molecular weight is 430 g/mol. The van der Waals surface area contributed by atoms with E-state index in [2.05, 4.69) is 28.8 Å². The van der Waals surface area contributed by atoms with E-state index >= 15 is 0 Å². The molecule has 1 heterocycles. The molecule has 0 aliphatic carbocycles. The molecule has 0 spiro atoms. The number of likely N-dealkylation sites (tertiary alicyclic amines) is 1. The Labute approximate surface area is 179 Å².